The van der Waals surface area contributed by atoms with Crippen LogP contribution < -0.4 is 5.32 Å². The zero-order valence-corrected chi connectivity index (χ0v) is 4.55. The monoisotopic (exact) mass is 112 g/mol. The lowest BCUT2D eigenvalue weighted by atomic mass is 10.3. The predicted octanol–water partition coefficient (Wildman–Crippen LogP) is -0.154. The molecule has 0 spiro atoms. The van der Waals surface area contributed by atoms with Crippen LogP contribution in [0.15, 0.2) is 0 Å². The summed E-state index contributed by atoms with van der Waals surface area (Å²) in [6.07, 6.45) is 0.646. The molecular weight excluding hydrogens is 104 g/mol. The molecule has 0 unspecified atom stereocenters. The maximum atomic E-state index is 8.17. The summed E-state index contributed by atoms with van der Waals surface area (Å²) in [5.41, 5.74) is 0. The fraction of sp³-hybridized carbons (Fsp3) is 0.800. The molecule has 0 aromatic heterocycles. The highest BCUT2D eigenvalue weighted by Gasteiger charge is 2.12. The van der Waals surface area contributed by atoms with Crippen molar-refractivity contribution < 1.29 is 4.74 Å². The van der Waals surface area contributed by atoms with Crippen molar-refractivity contribution in [2.24, 2.45) is 0 Å². The summed E-state index contributed by atoms with van der Waals surface area (Å²) in [5, 5.41) is 11.2. The van der Waals surface area contributed by atoms with E-state index in [9.17, 15) is 0 Å². The number of hydrogen-bond donors (Lipinski definition) is 1. The van der Waals surface area contributed by atoms with Crippen LogP contribution in [0.25, 0.3) is 0 Å². The molecule has 3 heteroatoms. The van der Waals surface area contributed by atoms with Gasteiger partial charge in [-0.15, -0.1) is 0 Å². The molecule has 3 nitrogen and oxygen atoms in total. The molecule has 44 valence electrons. The molecule has 0 saturated carbocycles. The Hall–Kier alpha value is -0.590. The number of rotatable bonds is 1. The molecule has 1 saturated heterocycles. The molecule has 1 fully saturated rings. The van der Waals surface area contributed by atoms with Crippen molar-refractivity contribution in [3.05, 3.63) is 0 Å². The predicted molar refractivity (Wildman–Crippen MR) is 28.0 cm³/mol. The smallest absolute Gasteiger partial charge is 0.0971 e. The minimum Gasteiger partial charge on any atom is -0.361 e. The summed E-state index contributed by atoms with van der Waals surface area (Å²) in [4.78, 5) is 0. The molecule has 8 heavy (non-hydrogen) atoms. The van der Waals surface area contributed by atoms with Crippen LogP contribution in [0.1, 0.15) is 6.42 Å². The fourth-order valence-electron chi connectivity index (χ4n) is 0.689. The van der Waals surface area contributed by atoms with Crippen molar-refractivity contribution in [3.8, 4) is 6.07 Å². The quantitative estimate of drug-likeness (QED) is 0.513. The van der Waals surface area contributed by atoms with Gasteiger partial charge in [0.2, 0.25) is 0 Å². The first-order chi connectivity index (χ1) is 3.93. The van der Waals surface area contributed by atoms with Crippen molar-refractivity contribution in [2.75, 3.05) is 13.3 Å². The lowest BCUT2D eigenvalue weighted by molar-refractivity contribution is 0.117. The Morgan fingerprint density at radius 3 is 3.25 bits per heavy atom. The van der Waals surface area contributed by atoms with Gasteiger partial charge in [0.25, 0.3) is 0 Å². The van der Waals surface area contributed by atoms with Crippen LogP contribution in [0.4, 0.5) is 0 Å². The molecular formula is C5H8N2O. The molecule has 0 amide bonds. The summed E-state index contributed by atoms with van der Waals surface area (Å²) in [7, 11) is 0. The van der Waals surface area contributed by atoms with Gasteiger partial charge >= 0.3 is 0 Å². The van der Waals surface area contributed by atoms with E-state index < -0.39 is 0 Å². The van der Waals surface area contributed by atoms with Gasteiger partial charge in [-0.2, -0.15) is 5.26 Å². The Morgan fingerprint density at radius 2 is 2.75 bits per heavy atom. The molecule has 1 N–H and O–H groups in total. The zero-order chi connectivity index (χ0) is 5.82. The molecule has 0 bridgehead atoms. The highest BCUT2D eigenvalue weighted by Crippen LogP contribution is 1.99. The van der Waals surface area contributed by atoms with E-state index in [0.29, 0.717) is 13.2 Å². The van der Waals surface area contributed by atoms with Gasteiger partial charge in [0.1, 0.15) is 0 Å². The van der Waals surface area contributed by atoms with Crippen LogP contribution in [0.2, 0.25) is 0 Å². The van der Waals surface area contributed by atoms with E-state index >= 15 is 0 Å². The maximum Gasteiger partial charge on any atom is 0.0971 e. The van der Waals surface area contributed by atoms with Crippen LogP contribution in [0.5, 0.6) is 0 Å². The molecule has 1 aliphatic heterocycles. The third kappa shape index (κ3) is 1.19. The first-order valence-electron chi connectivity index (χ1n) is 2.63. The van der Waals surface area contributed by atoms with Gasteiger partial charge in [-0.3, -0.25) is 5.32 Å². The minimum absolute atomic E-state index is 0.139. The summed E-state index contributed by atoms with van der Waals surface area (Å²) in [5.74, 6) is 0. The van der Waals surface area contributed by atoms with Gasteiger partial charge in [0.05, 0.1) is 25.3 Å². The van der Waals surface area contributed by atoms with Gasteiger partial charge in [-0.25, -0.2) is 0 Å². The van der Waals surface area contributed by atoms with Crippen LogP contribution in [-0.2, 0) is 4.74 Å². The fourth-order valence-corrected chi connectivity index (χ4v) is 0.689. The lowest BCUT2D eigenvalue weighted by Crippen LogP contribution is -2.12. The number of nitriles is 1. The third-order valence-electron chi connectivity index (χ3n) is 1.11. The average molecular weight is 112 g/mol. The molecule has 1 atom stereocenters. The molecule has 1 heterocycles. The normalized spacial score (nSPS) is 27.6. The Bertz CT molecular complexity index is 101. The number of ether oxygens (including phenoxy) is 1. The zero-order valence-electron chi connectivity index (χ0n) is 4.55. The van der Waals surface area contributed by atoms with Crippen molar-refractivity contribution >= 4 is 0 Å². The van der Waals surface area contributed by atoms with Crippen LogP contribution in [-0.4, -0.2) is 19.4 Å². The largest absolute Gasteiger partial charge is 0.361 e. The van der Waals surface area contributed by atoms with Gasteiger partial charge in [-0.1, -0.05) is 0 Å². The number of nitrogens with one attached hydrogen (secondary N) is 1. The molecule has 0 aromatic carbocycles. The van der Waals surface area contributed by atoms with Crippen LogP contribution in [0, 0.1) is 11.3 Å². The molecule has 0 aliphatic carbocycles. The number of hydrogen-bond acceptors (Lipinski definition) is 3. The second-order valence-corrected chi connectivity index (χ2v) is 1.75. The average Bonchev–Trinajstić information content (AvgIpc) is 2.19. The Kier molecular flexibility index (Phi) is 1.84. The summed E-state index contributed by atoms with van der Waals surface area (Å²) < 4.78 is 5.06. The van der Waals surface area contributed by atoms with E-state index in [4.69, 9.17) is 10.00 Å². The number of nitrogens with zero attached hydrogens (tertiary/aromatic N) is 1. The topological polar surface area (TPSA) is 45.0 Å². The Labute approximate surface area is 48.2 Å². The van der Waals surface area contributed by atoms with Crippen molar-refractivity contribution in [1.82, 2.24) is 5.32 Å². The third-order valence-corrected chi connectivity index (χ3v) is 1.11. The van der Waals surface area contributed by atoms with Crippen LogP contribution >= 0.6 is 0 Å². The van der Waals surface area contributed by atoms with Crippen molar-refractivity contribution in [1.29, 1.82) is 5.26 Å². The second-order valence-electron chi connectivity index (χ2n) is 1.75. The van der Waals surface area contributed by atoms with E-state index in [-0.39, 0.29) is 6.10 Å². The second kappa shape index (κ2) is 2.65. The SMILES string of the molecule is N#CC[C@@H]1CNCO1. The van der Waals surface area contributed by atoms with E-state index in [1.807, 2.05) is 6.07 Å². The van der Waals surface area contributed by atoms with E-state index in [2.05, 4.69) is 5.32 Å². The molecule has 1 aliphatic rings. The first-order valence-corrected chi connectivity index (χ1v) is 2.63. The van der Waals surface area contributed by atoms with Gasteiger partial charge in [0, 0.05) is 6.54 Å². The summed E-state index contributed by atoms with van der Waals surface area (Å²) >= 11 is 0. The summed E-state index contributed by atoms with van der Waals surface area (Å²) in [6, 6.07) is 2.04. The van der Waals surface area contributed by atoms with Crippen LogP contribution in [0.3, 0.4) is 0 Å². The van der Waals surface area contributed by atoms with E-state index in [0.717, 1.165) is 6.54 Å². The first kappa shape index (κ1) is 5.54. The van der Waals surface area contributed by atoms with Gasteiger partial charge < -0.3 is 4.74 Å². The maximum absolute atomic E-state index is 8.17. The highest BCUT2D eigenvalue weighted by molar-refractivity contribution is 4.79. The minimum atomic E-state index is 0.139. The molecule has 0 aromatic rings. The van der Waals surface area contributed by atoms with E-state index in [1.165, 1.54) is 0 Å². The summed E-state index contributed by atoms with van der Waals surface area (Å²) in [6.45, 7) is 1.43. The van der Waals surface area contributed by atoms with Crippen molar-refractivity contribution in [3.63, 3.8) is 0 Å². The van der Waals surface area contributed by atoms with Gasteiger partial charge in [-0.05, 0) is 0 Å². The molecule has 1 rings (SSSR count). The Morgan fingerprint density at radius 1 is 1.88 bits per heavy atom. The highest BCUT2D eigenvalue weighted by atomic mass is 16.5. The Balaban J connectivity index is 2.17. The van der Waals surface area contributed by atoms with Gasteiger partial charge in [0.15, 0.2) is 0 Å². The lowest BCUT2D eigenvalue weighted by Gasteiger charge is -1.97. The molecule has 0 radical (unpaired) electrons. The van der Waals surface area contributed by atoms with E-state index in [1.54, 1.807) is 0 Å². The standard InChI is InChI=1S/C5H8N2O/c6-2-1-5-3-7-4-8-5/h5,7H,1,3-4H2/t5-/m1/s1. The van der Waals surface area contributed by atoms with Crippen molar-refractivity contribution in [2.45, 2.75) is 12.5 Å².